The number of thiophene rings is 1. The van der Waals surface area contributed by atoms with Crippen LogP contribution in [-0.4, -0.2) is 27.3 Å². The fraction of sp³-hybridized carbons (Fsp3) is 0.214. The van der Waals surface area contributed by atoms with Gasteiger partial charge >= 0.3 is 5.00 Å². The van der Waals surface area contributed by atoms with Crippen molar-refractivity contribution in [1.82, 2.24) is 9.88 Å². The number of hydrogen-bond donors (Lipinski definition) is 0. The summed E-state index contributed by atoms with van der Waals surface area (Å²) in [6.07, 6.45) is 3.47. The molecule has 8 heteroatoms. The molecule has 0 aliphatic heterocycles. The van der Waals surface area contributed by atoms with Crippen LogP contribution in [0.2, 0.25) is 0 Å². The minimum atomic E-state index is -0.526. The van der Waals surface area contributed by atoms with Gasteiger partial charge in [-0.15, -0.1) is 0 Å². The predicted octanol–water partition coefficient (Wildman–Crippen LogP) is 2.61. The van der Waals surface area contributed by atoms with E-state index in [4.69, 9.17) is 5.26 Å². The Balaban J connectivity index is 2.18. The van der Waals surface area contributed by atoms with Gasteiger partial charge in [-0.2, -0.15) is 5.26 Å². The third kappa shape index (κ3) is 3.86. The number of carbonyl (C=O) groups is 1. The van der Waals surface area contributed by atoms with E-state index >= 15 is 0 Å². The first-order valence-electron chi connectivity index (χ1n) is 6.41. The van der Waals surface area contributed by atoms with Crippen LogP contribution in [-0.2, 0) is 6.54 Å². The molecule has 2 aromatic rings. The molecule has 0 aliphatic carbocycles. The zero-order chi connectivity index (χ0) is 15.9. The highest BCUT2D eigenvalue weighted by atomic mass is 32.1. The molecule has 0 aliphatic rings. The average Bonchev–Trinajstić information content (AvgIpc) is 3.02. The third-order valence-corrected chi connectivity index (χ3v) is 3.88. The first-order valence-corrected chi connectivity index (χ1v) is 7.23. The summed E-state index contributed by atoms with van der Waals surface area (Å²) in [5, 5.41) is 19.4. The van der Waals surface area contributed by atoms with Crippen molar-refractivity contribution < 1.29 is 9.72 Å². The number of aromatic nitrogens is 1. The van der Waals surface area contributed by atoms with Gasteiger partial charge in [-0.3, -0.25) is 19.9 Å². The largest absolute Gasteiger partial charge is 0.333 e. The highest BCUT2D eigenvalue weighted by molar-refractivity contribution is 7.17. The summed E-state index contributed by atoms with van der Waals surface area (Å²) in [5.74, 6) is -0.322. The van der Waals surface area contributed by atoms with Crippen molar-refractivity contribution in [3.8, 4) is 6.07 Å². The SMILES string of the molecule is N#CCCN(Cc1cccnc1)C(=O)c1ccc([N+](=O)[O-])s1. The van der Waals surface area contributed by atoms with Gasteiger partial charge in [-0.25, -0.2) is 0 Å². The maximum absolute atomic E-state index is 12.5. The van der Waals surface area contributed by atoms with E-state index in [0.29, 0.717) is 6.54 Å². The molecular formula is C14H12N4O3S. The van der Waals surface area contributed by atoms with Crippen molar-refractivity contribution in [2.45, 2.75) is 13.0 Å². The van der Waals surface area contributed by atoms with Gasteiger partial charge in [0.25, 0.3) is 5.91 Å². The van der Waals surface area contributed by atoms with Crippen LogP contribution in [0.1, 0.15) is 21.7 Å². The monoisotopic (exact) mass is 316 g/mol. The number of pyridine rings is 1. The number of hydrogen-bond acceptors (Lipinski definition) is 6. The summed E-state index contributed by atoms with van der Waals surface area (Å²) in [4.78, 5) is 28.4. The molecule has 0 N–H and O–H groups in total. The molecule has 7 nitrogen and oxygen atoms in total. The normalized spacial score (nSPS) is 9.95. The Kier molecular flexibility index (Phi) is 5.16. The number of rotatable bonds is 6. The standard InChI is InChI=1S/C14H12N4O3S/c15-6-2-8-17(10-11-3-1-7-16-9-11)14(19)12-4-5-13(22-12)18(20)21/h1,3-5,7,9H,2,8,10H2. The number of nitro groups is 1. The number of carbonyl (C=O) groups excluding carboxylic acids is 1. The fourth-order valence-corrected chi connectivity index (χ4v) is 2.63. The molecule has 0 aromatic carbocycles. The first kappa shape index (κ1) is 15.6. The molecule has 0 bridgehead atoms. The molecule has 0 atom stereocenters. The summed E-state index contributed by atoms with van der Waals surface area (Å²) in [5.41, 5.74) is 0.833. The molecule has 0 saturated carbocycles. The highest BCUT2D eigenvalue weighted by Gasteiger charge is 2.21. The molecule has 0 fully saturated rings. The number of nitrogens with zero attached hydrogens (tertiary/aromatic N) is 4. The summed E-state index contributed by atoms with van der Waals surface area (Å²) in [7, 11) is 0. The maximum Gasteiger partial charge on any atom is 0.324 e. The van der Waals surface area contributed by atoms with E-state index in [9.17, 15) is 14.9 Å². The molecule has 1 amide bonds. The Labute approximate surface area is 130 Å². The summed E-state index contributed by atoms with van der Waals surface area (Å²) >= 11 is 0.833. The quantitative estimate of drug-likeness (QED) is 0.602. The summed E-state index contributed by atoms with van der Waals surface area (Å²) in [6, 6.07) is 8.34. The van der Waals surface area contributed by atoms with Crippen molar-refractivity contribution in [3.05, 3.63) is 57.2 Å². The lowest BCUT2D eigenvalue weighted by molar-refractivity contribution is -0.380. The Morgan fingerprint density at radius 1 is 1.45 bits per heavy atom. The van der Waals surface area contributed by atoms with Crippen molar-refractivity contribution >= 4 is 22.2 Å². The average molecular weight is 316 g/mol. The smallest absolute Gasteiger partial charge is 0.324 e. The fourth-order valence-electron chi connectivity index (χ4n) is 1.85. The molecule has 0 radical (unpaired) electrons. The highest BCUT2D eigenvalue weighted by Crippen LogP contribution is 2.25. The van der Waals surface area contributed by atoms with Crippen molar-refractivity contribution in [2.75, 3.05) is 6.54 Å². The second-order valence-electron chi connectivity index (χ2n) is 4.39. The predicted molar refractivity (Wildman–Crippen MR) is 80.2 cm³/mol. The lowest BCUT2D eigenvalue weighted by atomic mass is 10.2. The zero-order valence-corrected chi connectivity index (χ0v) is 12.3. The molecule has 2 rings (SSSR count). The van der Waals surface area contributed by atoms with E-state index in [1.54, 1.807) is 18.5 Å². The Bertz CT molecular complexity index is 708. The van der Waals surface area contributed by atoms with Crippen LogP contribution in [0.15, 0.2) is 36.7 Å². The first-order chi connectivity index (χ1) is 10.6. The summed E-state index contributed by atoms with van der Waals surface area (Å²) < 4.78 is 0. The van der Waals surface area contributed by atoms with E-state index in [1.165, 1.54) is 17.0 Å². The topological polar surface area (TPSA) is 100 Å². The van der Waals surface area contributed by atoms with Gasteiger partial charge in [0.1, 0.15) is 0 Å². The third-order valence-electron chi connectivity index (χ3n) is 2.86. The van der Waals surface area contributed by atoms with Gasteiger partial charge in [0.05, 0.1) is 22.3 Å². The van der Waals surface area contributed by atoms with E-state index in [1.807, 2.05) is 12.1 Å². The van der Waals surface area contributed by atoms with E-state index in [0.717, 1.165) is 16.9 Å². The van der Waals surface area contributed by atoms with Gasteiger partial charge in [0, 0.05) is 31.5 Å². The Morgan fingerprint density at radius 3 is 2.86 bits per heavy atom. The molecule has 112 valence electrons. The maximum atomic E-state index is 12.5. The van der Waals surface area contributed by atoms with Gasteiger partial charge < -0.3 is 4.90 Å². The van der Waals surface area contributed by atoms with E-state index in [2.05, 4.69) is 4.98 Å². The Morgan fingerprint density at radius 2 is 2.27 bits per heavy atom. The van der Waals surface area contributed by atoms with E-state index < -0.39 is 4.92 Å². The van der Waals surface area contributed by atoms with Crippen molar-refractivity contribution in [3.63, 3.8) is 0 Å². The molecule has 22 heavy (non-hydrogen) atoms. The van der Waals surface area contributed by atoms with Crippen molar-refractivity contribution in [2.24, 2.45) is 0 Å². The van der Waals surface area contributed by atoms with Gasteiger partial charge in [-0.1, -0.05) is 17.4 Å². The minimum absolute atomic E-state index is 0.0787. The zero-order valence-electron chi connectivity index (χ0n) is 11.5. The molecule has 2 heterocycles. The minimum Gasteiger partial charge on any atom is -0.333 e. The molecular weight excluding hydrogens is 304 g/mol. The molecule has 2 aromatic heterocycles. The van der Waals surface area contributed by atoms with Crippen molar-refractivity contribution in [1.29, 1.82) is 5.26 Å². The van der Waals surface area contributed by atoms with Crippen LogP contribution in [0.4, 0.5) is 5.00 Å². The van der Waals surface area contributed by atoms with Crippen LogP contribution in [0.5, 0.6) is 0 Å². The van der Waals surface area contributed by atoms with Crippen LogP contribution in [0.25, 0.3) is 0 Å². The molecule has 0 saturated heterocycles. The van der Waals surface area contributed by atoms with Gasteiger partial charge in [0.15, 0.2) is 0 Å². The lowest BCUT2D eigenvalue weighted by Gasteiger charge is -2.20. The van der Waals surface area contributed by atoms with Gasteiger partial charge in [0.2, 0.25) is 0 Å². The summed E-state index contributed by atoms with van der Waals surface area (Å²) in [6.45, 7) is 0.565. The molecule has 0 spiro atoms. The van der Waals surface area contributed by atoms with Gasteiger partial charge in [-0.05, 0) is 17.7 Å². The second kappa shape index (κ2) is 7.28. The Hall–Kier alpha value is -2.79. The number of nitriles is 1. The van der Waals surface area contributed by atoms with Crippen LogP contribution in [0.3, 0.4) is 0 Å². The lowest BCUT2D eigenvalue weighted by Crippen LogP contribution is -2.30. The molecule has 0 unspecified atom stereocenters. The number of amides is 1. The van der Waals surface area contributed by atoms with E-state index in [-0.39, 0.29) is 28.8 Å². The van der Waals surface area contributed by atoms with Crippen LogP contribution < -0.4 is 0 Å². The van der Waals surface area contributed by atoms with Crippen LogP contribution in [0, 0.1) is 21.4 Å². The van der Waals surface area contributed by atoms with Crippen LogP contribution >= 0.6 is 11.3 Å². The second-order valence-corrected chi connectivity index (χ2v) is 5.45.